The third-order valence-electron chi connectivity index (χ3n) is 3.48. The zero-order valence-corrected chi connectivity index (χ0v) is 15.1. The van der Waals surface area contributed by atoms with Crippen LogP contribution in [0.2, 0.25) is 10.0 Å². The van der Waals surface area contributed by atoms with Gasteiger partial charge >= 0.3 is 0 Å². The molecule has 0 fully saturated rings. The number of halogens is 2. The number of thiocarbonyl (C=S) groups is 1. The minimum atomic E-state index is 0.548. The van der Waals surface area contributed by atoms with Gasteiger partial charge in [-0.15, -0.1) is 0 Å². The minimum Gasteiger partial charge on any atom is -0.486 e. The van der Waals surface area contributed by atoms with E-state index >= 15 is 0 Å². The zero-order chi connectivity index (χ0) is 16.9. The fourth-order valence-electron chi connectivity index (χ4n) is 2.31. The molecule has 0 aliphatic carbocycles. The van der Waals surface area contributed by atoms with Crippen molar-refractivity contribution in [3.05, 3.63) is 52.0 Å². The molecule has 0 bridgehead atoms. The molecular formula is C17H16Cl2N2O2S. The Balaban J connectivity index is 1.49. The highest BCUT2D eigenvalue weighted by Crippen LogP contribution is 2.32. The van der Waals surface area contributed by atoms with Gasteiger partial charge in [-0.2, -0.15) is 0 Å². The number of rotatable bonds is 4. The summed E-state index contributed by atoms with van der Waals surface area (Å²) in [5.74, 6) is 1.48. The van der Waals surface area contributed by atoms with E-state index in [1.54, 1.807) is 6.07 Å². The molecule has 0 radical (unpaired) electrons. The largest absolute Gasteiger partial charge is 0.486 e. The monoisotopic (exact) mass is 382 g/mol. The fraction of sp³-hybridized carbons (Fsp3) is 0.235. The number of nitrogens with one attached hydrogen (secondary N) is 2. The summed E-state index contributed by atoms with van der Waals surface area (Å²) in [6.07, 6.45) is 0.792. The van der Waals surface area contributed by atoms with Crippen molar-refractivity contribution in [2.45, 2.75) is 6.42 Å². The smallest absolute Gasteiger partial charge is 0.170 e. The molecule has 0 unspecified atom stereocenters. The predicted molar refractivity (Wildman–Crippen MR) is 102 cm³/mol. The molecule has 0 saturated heterocycles. The third kappa shape index (κ3) is 4.44. The van der Waals surface area contributed by atoms with Crippen LogP contribution in [-0.2, 0) is 6.42 Å². The average molecular weight is 383 g/mol. The first-order valence-corrected chi connectivity index (χ1v) is 8.67. The molecule has 0 spiro atoms. The van der Waals surface area contributed by atoms with Crippen LogP contribution in [0, 0.1) is 0 Å². The number of hydrogen-bond acceptors (Lipinski definition) is 3. The normalized spacial score (nSPS) is 12.6. The molecule has 24 heavy (non-hydrogen) atoms. The lowest BCUT2D eigenvalue weighted by atomic mass is 10.1. The van der Waals surface area contributed by atoms with Gasteiger partial charge in [0.1, 0.15) is 13.2 Å². The molecule has 2 aromatic carbocycles. The maximum Gasteiger partial charge on any atom is 0.170 e. The summed E-state index contributed by atoms with van der Waals surface area (Å²) >= 11 is 17.2. The molecule has 1 heterocycles. The van der Waals surface area contributed by atoms with E-state index in [4.69, 9.17) is 44.9 Å². The molecule has 0 atom stereocenters. The predicted octanol–water partition coefficient (Wildman–Crippen LogP) is 4.29. The van der Waals surface area contributed by atoms with Crippen LogP contribution in [0.3, 0.4) is 0 Å². The van der Waals surface area contributed by atoms with Gasteiger partial charge < -0.3 is 20.1 Å². The highest BCUT2D eigenvalue weighted by Gasteiger charge is 2.12. The molecule has 0 saturated carbocycles. The first-order valence-electron chi connectivity index (χ1n) is 7.50. The Morgan fingerprint density at radius 2 is 1.79 bits per heavy atom. The summed E-state index contributed by atoms with van der Waals surface area (Å²) in [6, 6.07) is 11.3. The van der Waals surface area contributed by atoms with Crippen molar-refractivity contribution < 1.29 is 9.47 Å². The van der Waals surface area contributed by atoms with Crippen molar-refractivity contribution in [1.29, 1.82) is 0 Å². The second-order valence-electron chi connectivity index (χ2n) is 5.24. The van der Waals surface area contributed by atoms with Gasteiger partial charge in [0, 0.05) is 18.3 Å². The Morgan fingerprint density at radius 3 is 2.58 bits per heavy atom. The van der Waals surface area contributed by atoms with Gasteiger partial charge in [0.25, 0.3) is 0 Å². The van der Waals surface area contributed by atoms with Crippen LogP contribution in [-0.4, -0.2) is 24.9 Å². The van der Waals surface area contributed by atoms with E-state index in [1.165, 1.54) is 0 Å². The first kappa shape index (κ1) is 17.1. The molecule has 0 aromatic heterocycles. The van der Waals surface area contributed by atoms with Crippen molar-refractivity contribution in [3.8, 4) is 11.5 Å². The maximum absolute atomic E-state index is 6.01. The lowest BCUT2D eigenvalue weighted by Gasteiger charge is -2.19. The Kier molecular flexibility index (Phi) is 5.66. The number of hydrogen-bond donors (Lipinski definition) is 2. The van der Waals surface area contributed by atoms with Gasteiger partial charge in [-0.25, -0.2) is 0 Å². The maximum atomic E-state index is 6.01. The van der Waals surface area contributed by atoms with Gasteiger partial charge in [-0.3, -0.25) is 0 Å². The van der Waals surface area contributed by atoms with Gasteiger partial charge in [0.05, 0.1) is 10.0 Å². The van der Waals surface area contributed by atoms with Crippen LogP contribution in [0.5, 0.6) is 11.5 Å². The van der Waals surface area contributed by atoms with E-state index in [2.05, 4.69) is 10.6 Å². The number of ether oxygens (including phenoxy) is 2. The second-order valence-corrected chi connectivity index (χ2v) is 6.46. The van der Waals surface area contributed by atoms with E-state index in [0.717, 1.165) is 29.2 Å². The van der Waals surface area contributed by atoms with Crippen LogP contribution in [0.15, 0.2) is 36.4 Å². The number of anilines is 1. The van der Waals surface area contributed by atoms with E-state index in [-0.39, 0.29) is 0 Å². The zero-order valence-electron chi connectivity index (χ0n) is 12.8. The highest BCUT2D eigenvalue weighted by molar-refractivity contribution is 7.80. The van der Waals surface area contributed by atoms with Crippen molar-refractivity contribution >= 4 is 46.2 Å². The highest BCUT2D eigenvalue weighted by atomic mass is 35.5. The molecule has 4 nitrogen and oxygen atoms in total. The van der Waals surface area contributed by atoms with Crippen LogP contribution in [0.4, 0.5) is 5.69 Å². The summed E-state index contributed by atoms with van der Waals surface area (Å²) in [6.45, 7) is 1.83. The summed E-state index contributed by atoms with van der Waals surface area (Å²) < 4.78 is 11.0. The molecule has 126 valence electrons. The van der Waals surface area contributed by atoms with Crippen LogP contribution in [0.1, 0.15) is 5.56 Å². The second kappa shape index (κ2) is 7.92. The standard InChI is InChI=1S/C17H16Cl2N2O2S/c18-13-3-1-11(9-14(13)19)5-6-20-17(24)21-12-2-4-15-16(10-12)23-8-7-22-15/h1-4,9-10H,5-8H2,(H2,20,21,24). The molecule has 0 amide bonds. The minimum absolute atomic E-state index is 0.548. The Labute approximate surface area is 156 Å². The van der Waals surface area contributed by atoms with E-state index < -0.39 is 0 Å². The van der Waals surface area contributed by atoms with Crippen LogP contribution >= 0.6 is 35.4 Å². The third-order valence-corrected chi connectivity index (χ3v) is 4.47. The Morgan fingerprint density at radius 1 is 1.00 bits per heavy atom. The molecular weight excluding hydrogens is 367 g/mol. The van der Waals surface area contributed by atoms with E-state index in [0.29, 0.717) is 34.9 Å². The summed E-state index contributed by atoms with van der Waals surface area (Å²) in [5, 5.41) is 7.97. The van der Waals surface area contributed by atoms with Gasteiger partial charge in [-0.05, 0) is 48.5 Å². The lowest BCUT2D eigenvalue weighted by molar-refractivity contribution is 0.171. The van der Waals surface area contributed by atoms with E-state index in [1.807, 2.05) is 30.3 Å². The fourth-order valence-corrected chi connectivity index (χ4v) is 2.85. The number of benzene rings is 2. The summed E-state index contributed by atoms with van der Waals surface area (Å²) in [4.78, 5) is 0. The van der Waals surface area contributed by atoms with Crippen LogP contribution < -0.4 is 20.1 Å². The van der Waals surface area contributed by atoms with Crippen molar-refractivity contribution in [2.75, 3.05) is 25.1 Å². The van der Waals surface area contributed by atoms with Gasteiger partial charge in [-0.1, -0.05) is 29.3 Å². The Hall–Kier alpha value is -1.69. The first-order chi connectivity index (χ1) is 11.6. The van der Waals surface area contributed by atoms with Crippen molar-refractivity contribution in [3.63, 3.8) is 0 Å². The summed E-state index contributed by atoms with van der Waals surface area (Å²) in [7, 11) is 0. The topological polar surface area (TPSA) is 42.5 Å². The van der Waals surface area contributed by atoms with Crippen molar-refractivity contribution in [1.82, 2.24) is 5.32 Å². The Bertz CT molecular complexity index is 755. The van der Waals surface area contributed by atoms with Crippen molar-refractivity contribution in [2.24, 2.45) is 0 Å². The molecule has 2 N–H and O–H groups in total. The quantitative estimate of drug-likeness (QED) is 0.771. The lowest BCUT2D eigenvalue weighted by Crippen LogP contribution is -2.30. The van der Waals surface area contributed by atoms with Gasteiger partial charge in [0.2, 0.25) is 0 Å². The average Bonchev–Trinajstić information content (AvgIpc) is 2.58. The van der Waals surface area contributed by atoms with E-state index in [9.17, 15) is 0 Å². The SMILES string of the molecule is S=C(NCCc1ccc(Cl)c(Cl)c1)Nc1ccc2c(c1)OCCO2. The summed E-state index contributed by atoms with van der Waals surface area (Å²) in [5.41, 5.74) is 1.95. The molecule has 1 aliphatic rings. The molecule has 2 aromatic rings. The van der Waals surface area contributed by atoms with Crippen LogP contribution in [0.25, 0.3) is 0 Å². The van der Waals surface area contributed by atoms with Gasteiger partial charge in [0.15, 0.2) is 16.6 Å². The molecule has 1 aliphatic heterocycles. The molecule has 7 heteroatoms. The molecule has 3 rings (SSSR count). The number of fused-ring (bicyclic) bond motifs is 1.